The number of nitrogens with one attached hydrogen (secondary N) is 2. The van der Waals surface area contributed by atoms with Crippen LogP contribution in [0.3, 0.4) is 0 Å². The van der Waals surface area contributed by atoms with E-state index in [1.807, 2.05) is 24.5 Å². The topological polar surface area (TPSA) is 57.4 Å². The zero-order chi connectivity index (χ0) is 26.8. The molecule has 0 aliphatic carbocycles. The molecule has 0 unspecified atom stereocenters. The maximum atomic E-state index is 4.49. The van der Waals surface area contributed by atoms with Gasteiger partial charge in [-0.15, -0.1) is 0 Å². The molecular formula is C35H28N4. The average molecular weight is 505 g/mol. The highest BCUT2D eigenvalue weighted by atomic mass is 14.9. The van der Waals surface area contributed by atoms with E-state index in [0.717, 1.165) is 62.5 Å². The van der Waals surface area contributed by atoms with Crippen LogP contribution in [0.2, 0.25) is 0 Å². The van der Waals surface area contributed by atoms with Gasteiger partial charge in [-0.2, -0.15) is 0 Å². The molecule has 4 nitrogen and oxygen atoms in total. The Morgan fingerprint density at radius 3 is 1.67 bits per heavy atom. The minimum Gasteiger partial charge on any atom is -0.342 e. The minimum absolute atomic E-state index is 0.375. The molecule has 2 aromatic heterocycles. The van der Waals surface area contributed by atoms with E-state index in [1.54, 1.807) is 0 Å². The molecule has 4 aromatic carbocycles. The molecule has 2 N–H and O–H groups in total. The van der Waals surface area contributed by atoms with Crippen molar-refractivity contribution in [2.75, 3.05) is 0 Å². The van der Waals surface area contributed by atoms with Gasteiger partial charge in [0.1, 0.15) is 11.6 Å². The standard InChI is InChI=1S/C35H28N4/c1-4-34-36-21-32(38-34)30-15-13-26-17-24(9-11-28(26)19-30)7-5-6-8-25-10-12-29-20-31(16-14-27(29)18-25)33-22-37-35(39-33)23(2)3/h9-23H,4H2,1-3H3,(H,36,38)(H,37,39). The molecule has 0 aliphatic rings. The van der Waals surface area contributed by atoms with Gasteiger partial charge in [0, 0.05) is 34.6 Å². The summed E-state index contributed by atoms with van der Waals surface area (Å²) in [6, 6.07) is 25.4. The zero-order valence-corrected chi connectivity index (χ0v) is 22.3. The van der Waals surface area contributed by atoms with Gasteiger partial charge in [0.25, 0.3) is 0 Å². The number of aromatic nitrogens is 4. The normalized spacial score (nSPS) is 10.9. The largest absolute Gasteiger partial charge is 0.342 e. The Balaban J connectivity index is 1.18. The maximum Gasteiger partial charge on any atom is 0.109 e. The third kappa shape index (κ3) is 5.19. The Hall–Kier alpha value is -5.06. The molecule has 0 saturated heterocycles. The lowest BCUT2D eigenvalue weighted by Crippen LogP contribution is -1.89. The first-order valence-electron chi connectivity index (χ1n) is 13.2. The highest BCUT2D eigenvalue weighted by Gasteiger charge is 2.07. The lowest BCUT2D eigenvalue weighted by molar-refractivity contribution is 0.795. The summed E-state index contributed by atoms with van der Waals surface area (Å²) in [7, 11) is 0. The quantitative estimate of drug-likeness (QED) is 0.240. The van der Waals surface area contributed by atoms with Crippen LogP contribution in [0.5, 0.6) is 0 Å². The highest BCUT2D eigenvalue weighted by molar-refractivity contribution is 5.89. The van der Waals surface area contributed by atoms with Crippen LogP contribution in [0.4, 0.5) is 0 Å². The van der Waals surface area contributed by atoms with E-state index in [4.69, 9.17) is 0 Å². The van der Waals surface area contributed by atoms with Crippen LogP contribution in [0.1, 0.15) is 49.5 Å². The summed E-state index contributed by atoms with van der Waals surface area (Å²) in [6.45, 7) is 6.37. The Kier molecular flexibility index (Phi) is 6.45. The smallest absolute Gasteiger partial charge is 0.109 e. The first-order chi connectivity index (χ1) is 19.1. The predicted molar refractivity (Wildman–Crippen MR) is 160 cm³/mol. The number of rotatable bonds is 4. The number of hydrogen-bond acceptors (Lipinski definition) is 2. The van der Waals surface area contributed by atoms with Crippen LogP contribution in [0, 0.1) is 23.7 Å². The van der Waals surface area contributed by atoms with Gasteiger partial charge in [-0.25, -0.2) is 9.97 Å². The molecule has 0 aliphatic heterocycles. The Labute approximate surface area is 228 Å². The van der Waals surface area contributed by atoms with Crippen molar-refractivity contribution in [3.63, 3.8) is 0 Å². The molecule has 0 spiro atoms. The maximum absolute atomic E-state index is 4.49. The van der Waals surface area contributed by atoms with Gasteiger partial charge in [0.2, 0.25) is 0 Å². The number of benzene rings is 4. The third-order valence-electron chi connectivity index (χ3n) is 6.88. The molecule has 0 atom stereocenters. The van der Waals surface area contributed by atoms with Crippen molar-refractivity contribution in [3.8, 4) is 46.2 Å². The number of aryl methyl sites for hydroxylation is 1. The van der Waals surface area contributed by atoms with Gasteiger partial charge in [-0.05, 0) is 69.8 Å². The van der Waals surface area contributed by atoms with Gasteiger partial charge in [0.15, 0.2) is 0 Å². The van der Waals surface area contributed by atoms with E-state index in [-0.39, 0.29) is 0 Å². The van der Waals surface area contributed by atoms with Crippen molar-refractivity contribution in [1.29, 1.82) is 0 Å². The average Bonchev–Trinajstić information content (AvgIpc) is 3.65. The van der Waals surface area contributed by atoms with Crippen molar-refractivity contribution in [2.24, 2.45) is 0 Å². The van der Waals surface area contributed by atoms with Crippen LogP contribution >= 0.6 is 0 Å². The molecule has 4 heteroatoms. The number of hydrogen-bond donors (Lipinski definition) is 2. The van der Waals surface area contributed by atoms with Crippen LogP contribution in [0.15, 0.2) is 85.2 Å². The fourth-order valence-corrected chi connectivity index (χ4v) is 4.65. The SMILES string of the molecule is CCc1ncc(-c2ccc3cc(C#CC#Cc4ccc5cc(-c6cnc(C(C)C)[nH]6)ccc5c4)ccc3c2)[nH]1. The van der Waals surface area contributed by atoms with Gasteiger partial charge >= 0.3 is 0 Å². The monoisotopic (exact) mass is 504 g/mol. The van der Waals surface area contributed by atoms with Crippen LogP contribution in [-0.2, 0) is 6.42 Å². The van der Waals surface area contributed by atoms with Crippen molar-refractivity contribution in [3.05, 3.63) is 108 Å². The fraction of sp³-hybridized carbons (Fsp3) is 0.143. The van der Waals surface area contributed by atoms with Gasteiger partial charge in [-0.1, -0.05) is 69.0 Å². The zero-order valence-electron chi connectivity index (χ0n) is 22.3. The number of H-pyrrole nitrogens is 2. The third-order valence-corrected chi connectivity index (χ3v) is 6.88. The predicted octanol–water partition coefficient (Wildman–Crippen LogP) is 7.86. The van der Waals surface area contributed by atoms with E-state index in [0.29, 0.717) is 5.92 Å². The second-order valence-electron chi connectivity index (χ2n) is 9.99. The number of imidazole rings is 2. The van der Waals surface area contributed by atoms with E-state index >= 15 is 0 Å². The Morgan fingerprint density at radius 2 is 1.15 bits per heavy atom. The Bertz CT molecular complexity index is 1950. The van der Waals surface area contributed by atoms with Crippen LogP contribution < -0.4 is 0 Å². The molecule has 6 rings (SSSR count). The summed E-state index contributed by atoms with van der Waals surface area (Å²) >= 11 is 0. The summed E-state index contributed by atoms with van der Waals surface area (Å²) < 4.78 is 0. The summed E-state index contributed by atoms with van der Waals surface area (Å²) in [4.78, 5) is 15.7. The summed E-state index contributed by atoms with van der Waals surface area (Å²) in [5, 5.41) is 4.64. The first-order valence-corrected chi connectivity index (χ1v) is 13.2. The van der Waals surface area contributed by atoms with Crippen LogP contribution in [-0.4, -0.2) is 19.9 Å². The van der Waals surface area contributed by atoms with Crippen molar-refractivity contribution < 1.29 is 0 Å². The number of nitrogens with zero attached hydrogens (tertiary/aromatic N) is 2. The lowest BCUT2D eigenvalue weighted by Gasteiger charge is -2.03. The molecule has 0 amide bonds. The van der Waals surface area contributed by atoms with Gasteiger partial charge in [-0.3, -0.25) is 0 Å². The summed E-state index contributed by atoms with van der Waals surface area (Å²) in [5.41, 5.74) is 6.24. The number of aromatic amines is 2. The number of fused-ring (bicyclic) bond motifs is 2. The summed E-state index contributed by atoms with van der Waals surface area (Å²) in [5.74, 6) is 14.8. The minimum atomic E-state index is 0.375. The van der Waals surface area contributed by atoms with Crippen LogP contribution in [0.25, 0.3) is 44.1 Å². The first kappa shape index (κ1) is 24.3. The summed E-state index contributed by atoms with van der Waals surface area (Å²) in [6.07, 6.45) is 4.70. The fourth-order valence-electron chi connectivity index (χ4n) is 4.65. The van der Waals surface area contributed by atoms with Crippen molar-refractivity contribution >= 4 is 21.5 Å². The van der Waals surface area contributed by atoms with Crippen molar-refractivity contribution in [1.82, 2.24) is 19.9 Å². The Morgan fingerprint density at radius 1 is 0.641 bits per heavy atom. The van der Waals surface area contributed by atoms with E-state index in [9.17, 15) is 0 Å². The highest BCUT2D eigenvalue weighted by Crippen LogP contribution is 2.26. The molecule has 6 aromatic rings. The molecule has 0 bridgehead atoms. The molecule has 0 fully saturated rings. The molecule has 2 heterocycles. The second-order valence-corrected chi connectivity index (χ2v) is 9.99. The lowest BCUT2D eigenvalue weighted by atomic mass is 10.0. The van der Waals surface area contributed by atoms with Gasteiger partial charge in [0.05, 0.1) is 23.8 Å². The molecule has 39 heavy (non-hydrogen) atoms. The molecule has 188 valence electrons. The van der Waals surface area contributed by atoms with Crippen molar-refractivity contribution in [2.45, 2.75) is 33.1 Å². The molecule has 0 saturated carbocycles. The van der Waals surface area contributed by atoms with Gasteiger partial charge < -0.3 is 9.97 Å². The molecule has 0 radical (unpaired) electrons. The van der Waals surface area contributed by atoms with E-state index < -0.39 is 0 Å². The second kappa shape index (κ2) is 10.4. The van der Waals surface area contributed by atoms with E-state index in [1.165, 1.54) is 10.8 Å². The van der Waals surface area contributed by atoms with E-state index in [2.05, 4.69) is 125 Å². The molecular weight excluding hydrogens is 476 g/mol.